The monoisotopic (exact) mass is 208 g/mol. The molecule has 1 aromatic heterocycles. The summed E-state index contributed by atoms with van der Waals surface area (Å²) in [4.78, 5) is 14.9. The summed E-state index contributed by atoms with van der Waals surface area (Å²) in [6.07, 6.45) is 4.94. The molecule has 2 heterocycles. The molecule has 0 radical (unpaired) electrons. The summed E-state index contributed by atoms with van der Waals surface area (Å²) < 4.78 is 2.16. The molecule has 0 amide bonds. The summed E-state index contributed by atoms with van der Waals surface area (Å²) in [5, 5.41) is 8.59. The molecule has 1 unspecified atom stereocenters. The maximum atomic E-state index is 10.4. The van der Waals surface area contributed by atoms with Gasteiger partial charge in [0.05, 0.1) is 12.1 Å². The average molecular weight is 208 g/mol. The Bertz CT molecular complexity index is 371. The molecule has 1 atom stereocenters. The second-order valence-corrected chi connectivity index (χ2v) is 4.33. The summed E-state index contributed by atoms with van der Waals surface area (Å²) in [7, 11) is 0. The van der Waals surface area contributed by atoms with Gasteiger partial charge in [-0.25, -0.2) is 4.98 Å². The third-order valence-corrected chi connectivity index (χ3v) is 2.90. The fourth-order valence-corrected chi connectivity index (χ4v) is 2.00. The number of aromatic nitrogens is 2. The number of carboxylic acid groups (broad SMARTS) is 1. The molecule has 4 nitrogen and oxygen atoms in total. The van der Waals surface area contributed by atoms with Crippen molar-refractivity contribution in [2.75, 3.05) is 0 Å². The molecule has 15 heavy (non-hydrogen) atoms. The van der Waals surface area contributed by atoms with Crippen LogP contribution in [0.25, 0.3) is 0 Å². The van der Waals surface area contributed by atoms with Crippen LogP contribution in [-0.2, 0) is 24.2 Å². The zero-order chi connectivity index (χ0) is 10.8. The Kier molecular flexibility index (Phi) is 2.75. The van der Waals surface area contributed by atoms with Crippen molar-refractivity contribution in [3.63, 3.8) is 0 Å². The van der Waals surface area contributed by atoms with Crippen LogP contribution in [0.15, 0.2) is 6.20 Å². The van der Waals surface area contributed by atoms with Gasteiger partial charge in [-0.2, -0.15) is 0 Å². The molecule has 0 spiro atoms. The molecule has 4 heteroatoms. The van der Waals surface area contributed by atoms with E-state index in [0.29, 0.717) is 12.3 Å². The SMILES string of the molecule is CC1CCn2cc(CCC(=O)O)nc2C1. The van der Waals surface area contributed by atoms with Crippen LogP contribution in [-0.4, -0.2) is 20.6 Å². The zero-order valence-corrected chi connectivity index (χ0v) is 8.94. The van der Waals surface area contributed by atoms with Gasteiger partial charge in [0, 0.05) is 25.6 Å². The Hall–Kier alpha value is -1.32. The Labute approximate surface area is 88.9 Å². The average Bonchev–Trinajstić information content (AvgIpc) is 2.56. The van der Waals surface area contributed by atoms with Gasteiger partial charge in [0.1, 0.15) is 5.82 Å². The third kappa shape index (κ3) is 2.37. The summed E-state index contributed by atoms with van der Waals surface area (Å²) >= 11 is 0. The standard InChI is InChI=1S/C11H16N2O2/c1-8-4-5-13-7-9(2-3-11(14)15)12-10(13)6-8/h7-8H,2-6H2,1H3,(H,14,15). The second-order valence-electron chi connectivity index (χ2n) is 4.33. The van der Waals surface area contributed by atoms with Crippen LogP contribution in [0.4, 0.5) is 0 Å². The van der Waals surface area contributed by atoms with Crippen LogP contribution < -0.4 is 0 Å². The van der Waals surface area contributed by atoms with E-state index in [1.807, 2.05) is 6.20 Å². The van der Waals surface area contributed by atoms with E-state index >= 15 is 0 Å². The van der Waals surface area contributed by atoms with Gasteiger partial charge in [-0.15, -0.1) is 0 Å². The van der Waals surface area contributed by atoms with Crippen LogP contribution in [0, 0.1) is 5.92 Å². The van der Waals surface area contributed by atoms with Crippen molar-refractivity contribution in [2.45, 2.75) is 39.2 Å². The van der Waals surface area contributed by atoms with Gasteiger partial charge in [0.25, 0.3) is 0 Å². The summed E-state index contributed by atoms with van der Waals surface area (Å²) in [6.45, 7) is 3.26. The first-order valence-electron chi connectivity index (χ1n) is 5.42. The molecule has 0 aliphatic carbocycles. The zero-order valence-electron chi connectivity index (χ0n) is 8.94. The Morgan fingerprint density at radius 1 is 1.73 bits per heavy atom. The van der Waals surface area contributed by atoms with Gasteiger partial charge in [0.2, 0.25) is 0 Å². The molecule has 0 saturated heterocycles. The third-order valence-electron chi connectivity index (χ3n) is 2.90. The van der Waals surface area contributed by atoms with Gasteiger partial charge in [-0.1, -0.05) is 6.92 Å². The highest BCUT2D eigenvalue weighted by Crippen LogP contribution is 2.19. The van der Waals surface area contributed by atoms with Gasteiger partial charge in [-0.05, 0) is 12.3 Å². The van der Waals surface area contributed by atoms with E-state index in [9.17, 15) is 4.79 Å². The Balaban J connectivity index is 2.06. The molecule has 0 fully saturated rings. The van der Waals surface area contributed by atoms with Crippen molar-refractivity contribution in [2.24, 2.45) is 5.92 Å². The molecule has 1 aliphatic rings. The van der Waals surface area contributed by atoms with Crippen LogP contribution in [0.2, 0.25) is 0 Å². The number of aryl methyl sites for hydroxylation is 2. The minimum atomic E-state index is -0.755. The normalized spacial score (nSPS) is 19.9. The van der Waals surface area contributed by atoms with Crippen LogP contribution in [0.5, 0.6) is 0 Å². The van der Waals surface area contributed by atoms with E-state index in [4.69, 9.17) is 5.11 Å². The minimum Gasteiger partial charge on any atom is -0.481 e. The van der Waals surface area contributed by atoms with Crippen LogP contribution >= 0.6 is 0 Å². The number of nitrogens with zero attached hydrogens (tertiary/aromatic N) is 2. The number of rotatable bonds is 3. The maximum Gasteiger partial charge on any atom is 0.303 e. The minimum absolute atomic E-state index is 0.173. The summed E-state index contributed by atoms with van der Waals surface area (Å²) in [5.74, 6) is 1.07. The van der Waals surface area contributed by atoms with Crippen molar-refractivity contribution in [1.82, 2.24) is 9.55 Å². The molecule has 1 aliphatic heterocycles. The van der Waals surface area contributed by atoms with E-state index < -0.39 is 5.97 Å². The second kappa shape index (κ2) is 4.04. The van der Waals surface area contributed by atoms with Gasteiger partial charge in [-0.3, -0.25) is 4.79 Å². The predicted molar refractivity (Wildman–Crippen MR) is 55.7 cm³/mol. The smallest absolute Gasteiger partial charge is 0.303 e. The molecule has 82 valence electrons. The number of carbonyl (C=O) groups is 1. The Morgan fingerprint density at radius 2 is 2.53 bits per heavy atom. The lowest BCUT2D eigenvalue weighted by atomic mass is 10.0. The van der Waals surface area contributed by atoms with Crippen molar-refractivity contribution < 1.29 is 9.90 Å². The number of imidazole rings is 1. The predicted octanol–water partition coefficient (Wildman–Crippen LogP) is 1.48. The van der Waals surface area contributed by atoms with Gasteiger partial charge in [0.15, 0.2) is 0 Å². The summed E-state index contributed by atoms with van der Waals surface area (Å²) in [5.41, 5.74) is 0.918. The number of fused-ring (bicyclic) bond motifs is 1. The molecular formula is C11H16N2O2. The molecular weight excluding hydrogens is 192 g/mol. The molecule has 2 rings (SSSR count). The number of hydrogen-bond acceptors (Lipinski definition) is 2. The van der Waals surface area contributed by atoms with Crippen LogP contribution in [0.1, 0.15) is 31.3 Å². The highest BCUT2D eigenvalue weighted by Gasteiger charge is 2.17. The largest absolute Gasteiger partial charge is 0.481 e. The van der Waals surface area contributed by atoms with E-state index in [-0.39, 0.29) is 6.42 Å². The quantitative estimate of drug-likeness (QED) is 0.818. The number of hydrogen-bond donors (Lipinski definition) is 1. The van der Waals surface area contributed by atoms with E-state index in [2.05, 4.69) is 16.5 Å². The molecule has 1 N–H and O–H groups in total. The lowest BCUT2D eigenvalue weighted by molar-refractivity contribution is -0.136. The lowest BCUT2D eigenvalue weighted by Gasteiger charge is -2.18. The first-order chi connectivity index (χ1) is 7.15. The highest BCUT2D eigenvalue weighted by molar-refractivity contribution is 5.66. The first kappa shape index (κ1) is 10.2. The highest BCUT2D eigenvalue weighted by atomic mass is 16.4. The van der Waals surface area contributed by atoms with E-state index in [1.54, 1.807) is 0 Å². The fourth-order valence-electron chi connectivity index (χ4n) is 2.00. The molecule has 0 saturated carbocycles. The number of aliphatic carboxylic acids is 1. The van der Waals surface area contributed by atoms with E-state index in [1.165, 1.54) is 6.42 Å². The summed E-state index contributed by atoms with van der Waals surface area (Å²) in [6, 6.07) is 0. The maximum absolute atomic E-state index is 10.4. The van der Waals surface area contributed by atoms with Gasteiger partial charge >= 0.3 is 5.97 Å². The Morgan fingerprint density at radius 3 is 3.27 bits per heavy atom. The van der Waals surface area contributed by atoms with Crippen molar-refractivity contribution >= 4 is 5.97 Å². The van der Waals surface area contributed by atoms with Crippen LogP contribution in [0.3, 0.4) is 0 Å². The molecule has 1 aromatic rings. The van der Waals surface area contributed by atoms with Gasteiger partial charge < -0.3 is 9.67 Å². The number of carboxylic acids is 1. The van der Waals surface area contributed by atoms with Crippen molar-refractivity contribution in [3.8, 4) is 0 Å². The van der Waals surface area contributed by atoms with E-state index in [0.717, 1.165) is 24.5 Å². The van der Waals surface area contributed by atoms with Crippen molar-refractivity contribution in [3.05, 3.63) is 17.7 Å². The lowest BCUT2D eigenvalue weighted by Crippen LogP contribution is -2.16. The fraction of sp³-hybridized carbons (Fsp3) is 0.636. The molecule has 0 bridgehead atoms. The van der Waals surface area contributed by atoms with Crippen molar-refractivity contribution in [1.29, 1.82) is 0 Å². The molecule has 0 aromatic carbocycles. The topological polar surface area (TPSA) is 55.1 Å². The first-order valence-corrected chi connectivity index (χ1v) is 5.42.